The van der Waals surface area contributed by atoms with Crippen molar-refractivity contribution in [2.45, 2.75) is 4.90 Å². The summed E-state index contributed by atoms with van der Waals surface area (Å²) < 4.78 is 44.5. The Bertz CT molecular complexity index is 1470. The highest BCUT2D eigenvalue weighted by molar-refractivity contribution is 7.89. The first kappa shape index (κ1) is 27.3. The summed E-state index contributed by atoms with van der Waals surface area (Å²) in [5, 5.41) is 9.80. The topological polar surface area (TPSA) is 105 Å². The molecule has 2 N–H and O–H groups in total. The number of ether oxygens (including phenoxy) is 3. The molecular formula is C27H31N5O5S2. The summed E-state index contributed by atoms with van der Waals surface area (Å²) in [5.74, 6) is 0.689. The van der Waals surface area contributed by atoms with Gasteiger partial charge in [0.05, 0.1) is 56.0 Å². The molecular weight excluding hydrogens is 538 g/mol. The fraction of sp³-hybridized carbons (Fsp3) is 0.333. The van der Waals surface area contributed by atoms with Gasteiger partial charge in [-0.05, 0) is 47.3 Å². The lowest BCUT2D eigenvalue weighted by Gasteiger charge is -2.31. The Morgan fingerprint density at radius 2 is 1.72 bits per heavy atom. The van der Waals surface area contributed by atoms with Gasteiger partial charge in [-0.1, -0.05) is 30.3 Å². The number of nitrogens with zero attached hydrogens (tertiary/aromatic N) is 3. The van der Waals surface area contributed by atoms with E-state index >= 15 is 0 Å². The first-order valence-corrected chi connectivity index (χ1v) is 14.5. The van der Waals surface area contributed by atoms with Crippen LogP contribution in [0.2, 0.25) is 0 Å². The number of morpholine rings is 2. The molecule has 0 atom stereocenters. The summed E-state index contributed by atoms with van der Waals surface area (Å²) in [7, 11) is -2.07. The Kier molecular flexibility index (Phi) is 8.58. The molecule has 0 amide bonds. The van der Waals surface area contributed by atoms with Gasteiger partial charge in [0.25, 0.3) is 0 Å². The van der Waals surface area contributed by atoms with E-state index in [1.54, 1.807) is 25.5 Å². The van der Waals surface area contributed by atoms with Gasteiger partial charge in [0, 0.05) is 31.7 Å². The van der Waals surface area contributed by atoms with Gasteiger partial charge >= 0.3 is 0 Å². The summed E-state index contributed by atoms with van der Waals surface area (Å²) in [4.78, 5) is 2.33. The van der Waals surface area contributed by atoms with Crippen molar-refractivity contribution < 1.29 is 22.6 Å². The first-order valence-electron chi connectivity index (χ1n) is 12.7. The second-order valence-electron chi connectivity index (χ2n) is 9.02. The van der Waals surface area contributed by atoms with E-state index in [0.29, 0.717) is 64.0 Å². The highest BCUT2D eigenvalue weighted by Gasteiger charge is 2.28. The van der Waals surface area contributed by atoms with E-state index in [4.69, 9.17) is 26.4 Å². The lowest BCUT2D eigenvalue weighted by atomic mass is 10.0. The molecule has 2 fully saturated rings. The van der Waals surface area contributed by atoms with Crippen molar-refractivity contribution in [3.05, 3.63) is 60.2 Å². The Morgan fingerprint density at radius 3 is 2.46 bits per heavy atom. The first-order chi connectivity index (χ1) is 19.0. The van der Waals surface area contributed by atoms with E-state index in [0.717, 1.165) is 22.0 Å². The van der Waals surface area contributed by atoms with Crippen LogP contribution in [0.5, 0.6) is 5.75 Å². The molecule has 2 aliphatic heterocycles. The van der Waals surface area contributed by atoms with E-state index in [1.807, 2.05) is 42.5 Å². The number of hydrazone groups is 1. The molecule has 2 heterocycles. The Morgan fingerprint density at radius 1 is 1.00 bits per heavy atom. The summed E-state index contributed by atoms with van der Waals surface area (Å²) >= 11 is 5.54. The Hall–Kier alpha value is -3.29. The summed E-state index contributed by atoms with van der Waals surface area (Å²) in [5.41, 5.74) is 5.09. The highest BCUT2D eigenvalue weighted by Crippen LogP contribution is 2.31. The predicted octanol–water partition coefficient (Wildman–Crippen LogP) is 3.03. The van der Waals surface area contributed by atoms with Gasteiger partial charge < -0.3 is 24.4 Å². The number of sulfonamides is 1. The molecule has 0 saturated carbocycles. The van der Waals surface area contributed by atoms with Gasteiger partial charge in [-0.25, -0.2) is 8.42 Å². The van der Waals surface area contributed by atoms with Gasteiger partial charge in [-0.3, -0.25) is 5.43 Å². The van der Waals surface area contributed by atoms with Crippen molar-refractivity contribution in [1.82, 2.24) is 9.73 Å². The smallest absolute Gasteiger partial charge is 0.243 e. The third-order valence-corrected chi connectivity index (χ3v) is 8.77. The van der Waals surface area contributed by atoms with Crippen LogP contribution >= 0.6 is 12.2 Å². The maximum Gasteiger partial charge on any atom is 0.243 e. The molecule has 5 rings (SSSR count). The molecule has 0 radical (unpaired) electrons. The van der Waals surface area contributed by atoms with Crippen molar-refractivity contribution in [2.75, 3.05) is 69.9 Å². The zero-order valence-electron chi connectivity index (χ0n) is 21.6. The van der Waals surface area contributed by atoms with Crippen LogP contribution in [0, 0.1) is 0 Å². The summed E-state index contributed by atoms with van der Waals surface area (Å²) in [6, 6.07) is 16.9. The standard InChI is InChI=1S/C27H31N5O5S2/c1-35-26-9-6-20-4-2-3-5-22(20)23(26)19-28-30-27(38)29-24-18-21(39(33,34)32-12-16-37-17-13-32)7-8-25(24)31-10-14-36-15-11-31/h2-9,18-19H,10-17H2,1H3,(H2,29,30,38). The maximum atomic E-state index is 13.3. The monoisotopic (exact) mass is 569 g/mol. The molecule has 2 saturated heterocycles. The molecule has 0 unspecified atom stereocenters. The zero-order valence-corrected chi connectivity index (χ0v) is 23.3. The third kappa shape index (κ3) is 6.15. The number of nitrogens with one attached hydrogen (secondary N) is 2. The fourth-order valence-electron chi connectivity index (χ4n) is 4.68. The molecule has 0 bridgehead atoms. The second kappa shape index (κ2) is 12.3. The van der Waals surface area contributed by atoms with Crippen LogP contribution in [0.25, 0.3) is 10.8 Å². The normalized spacial score (nSPS) is 16.9. The minimum absolute atomic E-state index is 0.190. The van der Waals surface area contributed by atoms with E-state index in [1.165, 1.54) is 4.31 Å². The number of methoxy groups -OCH3 is 1. The van der Waals surface area contributed by atoms with Crippen molar-refractivity contribution >= 4 is 55.7 Å². The van der Waals surface area contributed by atoms with Crippen molar-refractivity contribution in [1.29, 1.82) is 0 Å². The predicted molar refractivity (Wildman–Crippen MR) is 157 cm³/mol. The van der Waals surface area contributed by atoms with E-state index in [9.17, 15) is 8.42 Å². The Labute approximate surface area is 233 Å². The van der Waals surface area contributed by atoms with Gasteiger partial charge in [-0.2, -0.15) is 9.41 Å². The zero-order chi connectivity index (χ0) is 27.2. The molecule has 3 aromatic carbocycles. The number of rotatable bonds is 7. The lowest BCUT2D eigenvalue weighted by molar-refractivity contribution is 0.0730. The summed E-state index contributed by atoms with van der Waals surface area (Å²) in [6.45, 7) is 3.95. The quantitative estimate of drug-likeness (QED) is 0.252. The van der Waals surface area contributed by atoms with Gasteiger partial charge in [0.15, 0.2) is 5.11 Å². The lowest BCUT2D eigenvalue weighted by Crippen LogP contribution is -2.40. The number of anilines is 2. The molecule has 2 aliphatic rings. The van der Waals surface area contributed by atoms with Crippen LogP contribution in [-0.2, 0) is 19.5 Å². The van der Waals surface area contributed by atoms with Crippen molar-refractivity contribution in [3.63, 3.8) is 0 Å². The third-order valence-electron chi connectivity index (χ3n) is 6.69. The molecule has 12 heteroatoms. The molecule has 0 aromatic heterocycles. The number of benzene rings is 3. The van der Waals surface area contributed by atoms with Gasteiger partial charge in [-0.15, -0.1) is 0 Å². The molecule has 0 aliphatic carbocycles. The van der Waals surface area contributed by atoms with Crippen LogP contribution in [-0.4, -0.2) is 83.8 Å². The average Bonchev–Trinajstić information content (AvgIpc) is 2.98. The van der Waals surface area contributed by atoms with E-state index in [-0.39, 0.29) is 10.0 Å². The fourth-order valence-corrected chi connectivity index (χ4v) is 6.28. The van der Waals surface area contributed by atoms with Crippen LogP contribution < -0.4 is 20.4 Å². The second-order valence-corrected chi connectivity index (χ2v) is 11.4. The van der Waals surface area contributed by atoms with Crippen LogP contribution in [0.15, 0.2) is 64.6 Å². The Balaban J connectivity index is 1.39. The van der Waals surface area contributed by atoms with Gasteiger partial charge in [0.1, 0.15) is 5.75 Å². The van der Waals surface area contributed by atoms with Crippen molar-refractivity contribution in [3.8, 4) is 5.75 Å². The van der Waals surface area contributed by atoms with E-state index in [2.05, 4.69) is 20.7 Å². The van der Waals surface area contributed by atoms with Crippen LogP contribution in [0.4, 0.5) is 11.4 Å². The van der Waals surface area contributed by atoms with Crippen LogP contribution in [0.1, 0.15) is 5.56 Å². The molecule has 3 aromatic rings. The van der Waals surface area contributed by atoms with Crippen molar-refractivity contribution in [2.24, 2.45) is 5.10 Å². The number of thiocarbonyl (C=S) groups is 1. The highest BCUT2D eigenvalue weighted by atomic mass is 32.2. The molecule has 0 spiro atoms. The summed E-state index contributed by atoms with van der Waals surface area (Å²) in [6.07, 6.45) is 1.66. The number of hydrogen-bond donors (Lipinski definition) is 2. The molecule has 10 nitrogen and oxygen atoms in total. The maximum absolute atomic E-state index is 13.3. The minimum Gasteiger partial charge on any atom is -0.496 e. The minimum atomic E-state index is -3.69. The van der Waals surface area contributed by atoms with E-state index < -0.39 is 10.0 Å². The van der Waals surface area contributed by atoms with Gasteiger partial charge in [0.2, 0.25) is 10.0 Å². The molecule has 206 valence electrons. The van der Waals surface area contributed by atoms with Crippen LogP contribution in [0.3, 0.4) is 0 Å². The largest absolute Gasteiger partial charge is 0.496 e. The number of fused-ring (bicyclic) bond motifs is 1. The average molecular weight is 570 g/mol. The molecule has 39 heavy (non-hydrogen) atoms. The number of hydrogen-bond acceptors (Lipinski definition) is 8. The SMILES string of the molecule is COc1ccc2ccccc2c1C=NNC(=S)Nc1cc(S(=O)(=O)N2CCOCC2)ccc1N1CCOCC1.